The third-order valence-corrected chi connectivity index (χ3v) is 4.62. The summed E-state index contributed by atoms with van der Waals surface area (Å²) < 4.78 is 5.47. The van der Waals surface area contributed by atoms with E-state index >= 15 is 0 Å². The number of nitrogens with zero attached hydrogens (tertiary/aromatic N) is 1. The molecule has 0 fully saturated rings. The molecule has 25 heavy (non-hydrogen) atoms. The molecule has 0 aliphatic rings. The standard InChI is InChI=1S/C20H20N2O2S/c1-4-24-17-10-8-15(9-11-17)18-14(3)25-20(21-18)22-19(23)16-7-5-6-13(2)12-16/h5-12H,4H2,1-3H3,(H,21,22,23). The largest absolute Gasteiger partial charge is 0.494 e. The summed E-state index contributed by atoms with van der Waals surface area (Å²) >= 11 is 1.48. The van der Waals surface area contributed by atoms with Crippen LogP contribution in [-0.4, -0.2) is 17.5 Å². The third kappa shape index (κ3) is 4.06. The number of carbonyl (C=O) groups is 1. The Hall–Kier alpha value is -2.66. The minimum absolute atomic E-state index is 0.143. The van der Waals surface area contributed by atoms with Crippen LogP contribution in [0.3, 0.4) is 0 Å². The highest BCUT2D eigenvalue weighted by Crippen LogP contribution is 2.31. The van der Waals surface area contributed by atoms with Crippen LogP contribution >= 0.6 is 11.3 Å². The van der Waals surface area contributed by atoms with Gasteiger partial charge >= 0.3 is 0 Å². The number of rotatable bonds is 5. The van der Waals surface area contributed by atoms with E-state index in [1.807, 2.05) is 63.2 Å². The highest BCUT2D eigenvalue weighted by molar-refractivity contribution is 7.16. The number of hydrogen-bond donors (Lipinski definition) is 1. The number of carbonyl (C=O) groups excluding carboxylic acids is 1. The molecular weight excluding hydrogens is 332 g/mol. The van der Waals surface area contributed by atoms with E-state index in [9.17, 15) is 4.79 Å². The molecule has 0 saturated carbocycles. The Morgan fingerprint density at radius 2 is 1.92 bits per heavy atom. The zero-order chi connectivity index (χ0) is 17.8. The van der Waals surface area contributed by atoms with Gasteiger partial charge in [-0.05, 0) is 57.2 Å². The van der Waals surface area contributed by atoms with Crippen LogP contribution in [0.4, 0.5) is 5.13 Å². The van der Waals surface area contributed by atoms with Crippen molar-refractivity contribution in [2.24, 2.45) is 0 Å². The summed E-state index contributed by atoms with van der Waals surface area (Å²) in [4.78, 5) is 18.0. The van der Waals surface area contributed by atoms with Crippen LogP contribution in [0.2, 0.25) is 0 Å². The van der Waals surface area contributed by atoms with E-state index in [2.05, 4.69) is 10.3 Å². The van der Waals surface area contributed by atoms with Gasteiger partial charge in [0.2, 0.25) is 0 Å². The van der Waals surface area contributed by atoms with Crippen molar-refractivity contribution in [2.45, 2.75) is 20.8 Å². The Bertz CT molecular complexity index is 885. The summed E-state index contributed by atoms with van der Waals surface area (Å²) in [6.07, 6.45) is 0. The molecule has 0 aliphatic carbocycles. The van der Waals surface area contributed by atoms with Crippen LogP contribution in [0.1, 0.15) is 27.7 Å². The lowest BCUT2D eigenvalue weighted by Crippen LogP contribution is -2.11. The molecule has 0 radical (unpaired) electrons. The zero-order valence-corrected chi connectivity index (χ0v) is 15.3. The lowest BCUT2D eigenvalue weighted by atomic mass is 10.1. The van der Waals surface area contributed by atoms with Gasteiger partial charge in [0.15, 0.2) is 5.13 Å². The van der Waals surface area contributed by atoms with Crippen molar-refractivity contribution in [2.75, 3.05) is 11.9 Å². The number of benzene rings is 2. The topological polar surface area (TPSA) is 51.2 Å². The predicted molar refractivity (Wildman–Crippen MR) is 103 cm³/mol. The molecule has 5 heteroatoms. The van der Waals surface area contributed by atoms with Crippen molar-refractivity contribution >= 4 is 22.4 Å². The van der Waals surface area contributed by atoms with Gasteiger partial charge in [-0.25, -0.2) is 4.98 Å². The number of amides is 1. The fourth-order valence-electron chi connectivity index (χ4n) is 2.55. The second-order valence-corrected chi connectivity index (χ2v) is 6.91. The molecule has 0 atom stereocenters. The third-order valence-electron chi connectivity index (χ3n) is 3.74. The average molecular weight is 352 g/mol. The van der Waals surface area contributed by atoms with Gasteiger partial charge in [0.05, 0.1) is 12.3 Å². The maximum atomic E-state index is 12.4. The molecule has 1 aromatic heterocycles. The maximum absolute atomic E-state index is 12.4. The summed E-state index contributed by atoms with van der Waals surface area (Å²) in [6.45, 7) is 6.58. The lowest BCUT2D eigenvalue weighted by molar-refractivity contribution is 0.102. The minimum Gasteiger partial charge on any atom is -0.494 e. The van der Waals surface area contributed by atoms with Crippen molar-refractivity contribution in [3.63, 3.8) is 0 Å². The molecule has 2 aromatic carbocycles. The maximum Gasteiger partial charge on any atom is 0.257 e. The molecule has 0 saturated heterocycles. The molecule has 3 aromatic rings. The molecule has 128 valence electrons. The summed E-state index contributed by atoms with van der Waals surface area (Å²) in [6, 6.07) is 15.3. The fourth-order valence-corrected chi connectivity index (χ4v) is 3.38. The van der Waals surface area contributed by atoms with Crippen molar-refractivity contribution in [1.82, 2.24) is 4.98 Å². The van der Waals surface area contributed by atoms with E-state index in [0.717, 1.165) is 27.4 Å². The lowest BCUT2D eigenvalue weighted by Gasteiger charge is -2.04. The molecule has 1 amide bonds. The zero-order valence-electron chi connectivity index (χ0n) is 14.5. The SMILES string of the molecule is CCOc1ccc(-c2nc(NC(=O)c3cccc(C)c3)sc2C)cc1. The molecule has 0 spiro atoms. The first-order chi connectivity index (χ1) is 12.1. The number of hydrogen-bond acceptors (Lipinski definition) is 4. The molecular formula is C20H20N2O2S. The molecule has 3 rings (SSSR count). The molecule has 1 heterocycles. The Morgan fingerprint density at radius 1 is 1.16 bits per heavy atom. The molecule has 4 nitrogen and oxygen atoms in total. The first-order valence-corrected chi connectivity index (χ1v) is 8.97. The van der Waals surface area contributed by atoms with Gasteiger partial charge in [-0.15, -0.1) is 11.3 Å². The summed E-state index contributed by atoms with van der Waals surface area (Å²) in [5.41, 5.74) is 3.58. The Kier molecular flexibility index (Phi) is 5.14. The first kappa shape index (κ1) is 17.2. The van der Waals surface area contributed by atoms with Gasteiger partial charge in [0, 0.05) is 16.0 Å². The van der Waals surface area contributed by atoms with Crippen LogP contribution in [0.15, 0.2) is 48.5 Å². The quantitative estimate of drug-likeness (QED) is 0.697. The van der Waals surface area contributed by atoms with Gasteiger partial charge in [-0.3, -0.25) is 10.1 Å². The summed E-state index contributed by atoms with van der Waals surface area (Å²) in [7, 11) is 0. The van der Waals surface area contributed by atoms with E-state index in [0.29, 0.717) is 17.3 Å². The highest BCUT2D eigenvalue weighted by Gasteiger charge is 2.13. The monoisotopic (exact) mass is 352 g/mol. The predicted octanol–water partition coefficient (Wildman–Crippen LogP) is 5.08. The molecule has 1 N–H and O–H groups in total. The fraction of sp³-hybridized carbons (Fsp3) is 0.200. The van der Waals surface area contributed by atoms with Gasteiger partial charge < -0.3 is 4.74 Å². The van der Waals surface area contributed by atoms with E-state index < -0.39 is 0 Å². The minimum atomic E-state index is -0.143. The summed E-state index contributed by atoms with van der Waals surface area (Å²) in [5.74, 6) is 0.697. The second-order valence-electron chi connectivity index (χ2n) is 5.70. The van der Waals surface area contributed by atoms with Crippen molar-refractivity contribution in [3.8, 4) is 17.0 Å². The normalized spacial score (nSPS) is 10.5. The Morgan fingerprint density at radius 3 is 2.60 bits per heavy atom. The van der Waals surface area contributed by atoms with Crippen LogP contribution in [0.5, 0.6) is 5.75 Å². The van der Waals surface area contributed by atoms with Crippen molar-refractivity contribution < 1.29 is 9.53 Å². The number of ether oxygens (including phenoxy) is 1. The second kappa shape index (κ2) is 7.49. The highest BCUT2D eigenvalue weighted by atomic mass is 32.1. The Balaban J connectivity index is 1.79. The van der Waals surface area contributed by atoms with E-state index in [1.54, 1.807) is 6.07 Å². The molecule has 0 aliphatic heterocycles. The number of aryl methyl sites for hydroxylation is 2. The van der Waals surface area contributed by atoms with E-state index in [1.165, 1.54) is 11.3 Å². The number of aromatic nitrogens is 1. The van der Waals surface area contributed by atoms with Crippen LogP contribution in [0, 0.1) is 13.8 Å². The van der Waals surface area contributed by atoms with Gasteiger partial charge in [-0.1, -0.05) is 17.7 Å². The van der Waals surface area contributed by atoms with Gasteiger partial charge in [0.1, 0.15) is 5.75 Å². The van der Waals surface area contributed by atoms with Crippen molar-refractivity contribution in [3.05, 3.63) is 64.5 Å². The smallest absolute Gasteiger partial charge is 0.257 e. The number of thiazole rings is 1. The van der Waals surface area contributed by atoms with Crippen molar-refractivity contribution in [1.29, 1.82) is 0 Å². The van der Waals surface area contributed by atoms with Crippen LogP contribution in [0.25, 0.3) is 11.3 Å². The first-order valence-electron chi connectivity index (χ1n) is 8.15. The summed E-state index contributed by atoms with van der Waals surface area (Å²) in [5, 5.41) is 3.50. The number of nitrogens with one attached hydrogen (secondary N) is 1. The Labute approximate surface area is 151 Å². The average Bonchev–Trinajstić information content (AvgIpc) is 2.96. The van der Waals surface area contributed by atoms with E-state index in [-0.39, 0.29) is 5.91 Å². The van der Waals surface area contributed by atoms with E-state index in [4.69, 9.17) is 4.74 Å². The van der Waals surface area contributed by atoms with Gasteiger partial charge in [0.25, 0.3) is 5.91 Å². The molecule has 0 unspecified atom stereocenters. The van der Waals surface area contributed by atoms with Crippen LogP contribution < -0.4 is 10.1 Å². The van der Waals surface area contributed by atoms with Crippen LogP contribution in [-0.2, 0) is 0 Å². The van der Waals surface area contributed by atoms with Gasteiger partial charge in [-0.2, -0.15) is 0 Å². The number of anilines is 1. The molecule has 0 bridgehead atoms.